The zero-order chi connectivity index (χ0) is 21.3. The largest absolute Gasteiger partial charge is 0.416 e. The van der Waals surface area contributed by atoms with E-state index in [1.54, 1.807) is 12.3 Å². The number of rotatable bonds is 2. The fourth-order valence-electron chi connectivity index (χ4n) is 3.57. The van der Waals surface area contributed by atoms with E-state index < -0.39 is 29.6 Å². The van der Waals surface area contributed by atoms with E-state index in [0.717, 1.165) is 17.7 Å². The minimum atomic E-state index is -4.44. The summed E-state index contributed by atoms with van der Waals surface area (Å²) >= 11 is 0. The molecule has 4 nitrogen and oxygen atoms in total. The van der Waals surface area contributed by atoms with E-state index in [4.69, 9.17) is 0 Å². The molecule has 1 aliphatic heterocycles. The number of carbonyl (C=O) groups excluding carboxylic acids is 1. The molecule has 1 N–H and O–H groups in total. The number of fused-ring (bicyclic) bond motifs is 1. The quantitative estimate of drug-likeness (QED) is 0.568. The molecule has 0 fully saturated rings. The van der Waals surface area contributed by atoms with Gasteiger partial charge >= 0.3 is 12.2 Å². The summed E-state index contributed by atoms with van der Waals surface area (Å²) in [4.78, 5) is 18.9. The average molecular weight is 415 g/mol. The van der Waals surface area contributed by atoms with Crippen LogP contribution in [0.25, 0.3) is 0 Å². The summed E-state index contributed by atoms with van der Waals surface area (Å²) in [6.45, 7) is 0.359. The minimum absolute atomic E-state index is 0.359. The molecule has 1 aromatic heterocycles. The van der Waals surface area contributed by atoms with Crippen LogP contribution < -0.4 is 5.32 Å². The van der Waals surface area contributed by atoms with Gasteiger partial charge in [-0.3, -0.25) is 4.98 Å². The lowest BCUT2D eigenvalue weighted by Crippen LogP contribution is -2.43. The maximum absolute atomic E-state index is 13.1. The van der Waals surface area contributed by atoms with Crippen LogP contribution in [0.4, 0.5) is 28.0 Å². The summed E-state index contributed by atoms with van der Waals surface area (Å²) in [6, 6.07) is 12.7. The van der Waals surface area contributed by atoms with Crippen molar-refractivity contribution in [3.8, 4) is 0 Å². The Morgan fingerprint density at radius 3 is 2.40 bits per heavy atom. The molecule has 0 spiro atoms. The third-order valence-electron chi connectivity index (χ3n) is 5.03. The zero-order valence-corrected chi connectivity index (χ0v) is 15.7. The van der Waals surface area contributed by atoms with Gasteiger partial charge in [0.1, 0.15) is 11.9 Å². The second-order valence-corrected chi connectivity index (χ2v) is 6.95. The highest BCUT2D eigenvalue weighted by Gasteiger charge is 2.35. The van der Waals surface area contributed by atoms with Crippen molar-refractivity contribution in [2.45, 2.75) is 18.6 Å². The molecule has 1 aliphatic rings. The minimum Gasteiger partial charge on any atom is -0.311 e. The van der Waals surface area contributed by atoms with Gasteiger partial charge in [-0.25, -0.2) is 9.18 Å². The SMILES string of the molecule is O=C(Nc1ccc(F)cc1)N1CCc2cccnc2[C@H]1c1ccc(C(F)(F)F)cc1. The molecule has 154 valence electrons. The third-order valence-corrected chi connectivity index (χ3v) is 5.03. The predicted molar refractivity (Wildman–Crippen MR) is 103 cm³/mol. The van der Waals surface area contributed by atoms with Crippen molar-refractivity contribution in [2.75, 3.05) is 11.9 Å². The van der Waals surface area contributed by atoms with E-state index in [1.807, 2.05) is 6.07 Å². The molecule has 0 saturated heterocycles. The van der Waals surface area contributed by atoms with Crippen LogP contribution in [0.15, 0.2) is 66.9 Å². The van der Waals surface area contributed by atoms with Gasteiger partial charge < -0.3 is 10.2 Å². The van der Waals surface area contributed by atoms with E-state index >= 15 is 0 Å². The molecular weight excluding hydrogens is 398 g/mol. The van der Waals surface area contributed by atoms with Crippen LogP contribution in [0.1, 0.15) is 28.4 Å². The summed E-state index contributed by atoms with van der Waals surface area (Å²) in [5.74, 6) is -0.424. The zero-order valence-electron chi connectivity index (χ0n) is 15.7. The van der Waals surface area contributed by atoms with E-state index in [-0.39, 0.29) is 0 Å². The standard InChI is InChI=1S/C22H17F4N3O/c23-17-7-9-18(10-8-17)28-21(30)29-13-11-14-2-1-12-27-19(14)20(29)15-3-5-16(6-4-15)22(24,25)26/h1-10,12,20H,11,13H2,(H,28,30)/t20-/m1/s1. The van der Waals surface area contributed by atoms with E-state index in [9.17, 15) is 22.4 Å². The number of nitrogens with zero attached hydrogens (tertiary/aromatic N) is 2. The van der Waals surface area contributed by atoms with Gasteiger partial charge in [-0.15, -0.1) is 0 Å². The Kier molecular flexibility index (Phi) is 5.15. The summed E-state index contributed by atoms with van der Waals surface area (Å²) in [6.07, 6.45) is -2.28. The van der Waals surface area contributed by atoms with Crippen molar-refractivity contribution in [1.82, 2.24) is 9.88 Å². The molecule has 0 bridgehead atoms. The summed E-state index contributed by atoms with van der Waals surface area (Å²) in [7, 11) is 0. The highest BCUT2D eigenvalue weighted by atomic mass is 19.4. The Balaban J connectivity index is 1.68. The van der Waals surface area contributed by atoms with E-state index in [0.29, 0.717) is 29.9 Å². The predicted octanol–water partition coefficient (Wildman–Crippen LogP) is 5.42. The summed E-state index contributed by atoms with van der Waals surface area (Å²) < 4.78 is 52.0. The highest BCUT2D eigenvalue weighted by Crippen LogP contribution is 2.36. The van der Waals surface area contributed by atoms with Crippen LogP contribution in [0.3, 0.4) is 0 Å². The van der Waals surface area contributed by atoms with Crippen LogP contribution in [0.2, 0.25) is 0 Å². The van der Waals surface area contributed by atoms with Gasteiger partial charge in [0.25, 0.3) is 0 Å². The fraction of sp³-hybridized carbons (Fsp3) is 0.182. The van der Waals surface area contributed by atoms with E-state index in [1.165, 1.54) is 41.3 Å². The topological polar surface area (TPSA) is 45.2 Å². The Labute approximate surface area is 170 Å². The van der Waals surface area contributed by atoms with Crippen molar-refractivity contribution in [1.29, 1.82) is 0 Å². The Bertz CT molecular complexity index is 1050. The number of anilines is 1. The van der Waals surface area contributed by atoms with Crippen molar-refractivity contribution in [2.24, 2.45) is 0 Å². The Hall–Kier alpha value is -3.42. The van der Waals surface area contributed by atoms with Crippen LogP contribution >= 0.6 is 0 Å². The third kappa shape index (κ3) is 3.98. The number of urea groups is 1. The number of amides is 2. The van der Waals surface area contributed by atoms with Crippen LogP contribution in [-0.2, 0) is 12.6 Å². The van der Waals surface area contributed by atoms with Crippen molar-refractivity contribution in [3.63, 3.8) is 0 Å². The molecule has 0 unspecified atom stereocenters. The average Bonchev–Trinajstić information content (AvgIpc) is 2.74. The molecule has 2 amide bonds. The number of halogens is 4. The molecular formula is C22H17F4N3O. The number of alkyl halides is 3. The van der Waals surface area contributed by atoms with Crippen molar-refractivity contribution in [3.05, 3.63) is 95.1 Å². The van der Waals surface area contributed by atoms with Crippen LogP contribution in [0.5, 0.6) is 0 Å². The normalized spacial score (nSPS) is 16.1. The van der Waals surface area contributed by atoms with Gasteiger partial charge in [-0.2, -0.15) is 13.2 Å². The van der Waals surface area contributed by atoms with Crippen molar-refractivity contribution < 1.29 is 22.4 Å². The Morgan fingerprint density at radius 2 is 1.73 bits per heavy atom. The lowest BCUT2D eigenvalue weighted by atomic mass is 9.92. The second kappa shape index (κ2) is 7.78. The molecule has 2 aromatic carbocycles. The van der Waals surface area contributed by atoms with Crippen LogP contribution in [-0.4, -0.2) is 22.5 Å². The molecule has 8 heteroatoms. The number of benzene rings is 2. The van der Waals surface area contributed by atoms with Gasteiger partial charge in [-0.05, 0) is 60.0 Å². The highest BCUT2D eigenvalue weighted by molar-refractivity contribution is 5.90. The molecule has 4 rings (SSSR count). The summed E-state index contributed by atoms with van der Waals surface area (Å²) in [5, 5.41) is 2.72. The number of aromatic nitrogens is 1. The first kappa shape index (κ1) is 19.9. The first-order valence-electron chi connectivity index (χ1n) is 9.27. The Morgan fingerprint density at radius 1 is 1.03 bits per heavy atom. The molecule has 30 heavy (non-hydrogen) atoms. The van der Waals surface area contributed by atoms with Gasteiger partial charge in [0.05, 0.1) is 11.3 Å². The molecule has 1 atom stereocenters. The first-order valence-corrected chi connectivity index (χ1v) is 9.27. The summed E-state index contributed by atoms with van der Waals surface area (Å²) in [5.41, 5.74) is 1.74. The number of nitrogens with one attached hydrogen (secondary N) is 1. The molecule has 0 aliphatic carbocycles. The van der Waals surface area contributed by atoms with Crippen molar-refractivity contribution >= 4 is 11.7 Å². The fourth-order valence-corrected chi connectivity index (χ4v) is 3.57. The first-order chi connectivity index (χ1) is 14.3. The maximum Gasteiger partial charge on any atom is 0.416 e. The van der Waals surface area contributed by atoms with Crippen LogP contribution in [0, 0.1) is 5.82 Å². The lowest BCUT2D eigenvalue weighted by Gasteiger charge is -2.36. The monoisotopic (exact) mass is 415 g/mol. The molecule has 0 radical (unpaired) electrons. The second-order valence-electron chi connectivity index (χ2n) is 6.95. The molecule has 2 heterocycles. The van der Waals surface area contributed by atoms with Gasteiger partial charge in [-0.1, -0.05) is 18.2 Å². The van der Waals surface area contributed by atoms with Gasteiger partial charge in [0.15, 0.2) is 0 Å². The number of carbonyl (C=O) groups is 1. The number of hydrogen-bond donors (Lipinski definition) is 1. The van der Waals surface area contributed by atoms with Gasteiger partial charge in [0.2, 0.25) is 0 Å². The van der Waals surface area contributed by atoms with Gasteiger partial charge in [0, 0.05) is 18.4 Å². The smallest absolute Gasteiger partial charge is 0.311 e. The number of pyridine rings is 1. The number of hydrogen-bond acceptors (Lipinski definition) is 2. The lowest BCUT2D eigenvalue weighted by molar-refractivity contribution is -0.137. The molecule has 0 saturated carbocycles. The maximum atomic E-state index is 13.1. The molecule has 3 aromatic rings. The van der Waals surface area contributed by atoms with E-state index in [2.05, 4.69) is 10.3 Å².